The largest absolute Gasteiger partial charge is 0.486 e. The van der Waals surface area contributed by atoms with E-state index in [4.69, 9.17) is 13.9 Å². The number of para-hydroxylation sites is 1. The van der Waals surface area contributed by atoms with Crippen molar-refractivity contribution >= 4 is 27.7 Å². The Morgan fingerprint density at radius 1 is 0.957 bits per heavy atom. The van der Waals surface area contributed by atoms with Crippen LogP contribution in [0.4, 0.5) is 0 Å². The minimum Gasteiger partial charge on any atom is -0.486 e. The molecule has 0 fully saturated rings. The smallest absolute Gasteiger partial charge is 0.200 e. The Hall–Kier alpha value is -3.01. The zero-order valence-electron chi connectivity index (χ0n) is 12.4. The van der Waals surface area contributed by atoms with Crippen molar-refractivity contribution in [3.63, 3.8) is 0 Å². The van der Waals surface area contributed by atoms with Crippen molar-refractivity contribution in [2.24, 2.45) is 0 Å². The van der Waals surface area contributed by atoms with Crippen LogP contribution in [0.1, 0.15) is 5.56 Å². The molecule has 1 aromatic heterocycles. The van der Waals surface area contributed by atoms with Crippen LogP contribution in [0.5, 0.6) is 0 Å². The summed E-state index contributed by atoms with van der Waals surface area (Å²) in [6.45, 7) is 4.70. The number of rotatable bonds is 2. The minimum absolute atomic E-state index is 0.0545. The summed E-state index contributed by atoms with van der Waals surface area (Å²) in [7, 11) is 0. The van der Waals surface area contributed by atoms with E-state index >= 15 is 0 Å². The van der Waals surface area contributed by atoms with Gasteiger partial charge in [0.05, 0.1) is 10.8 Å². The summed E-state index contributed by atoms with van der Waals surface area (Å²) in [6, 6.07) is 12.6. The minimum atomic E-state index is -0.0545. The van der Waals surface area contributed by atoms with Crippen LogP contribution in [0.3, 0.4) is 0 Å². The summed E-state index contributed by atoms with van der Waals surface area (Å²) in [5.41, 5.74) is 1.85. The second-order valence-corrected chi connectivity index (χ2v) is 5.23. The van der Waals surface area contributed by atoms with E-state index in [0.717, 1.165) is 5.56 Å². The maximum atomic E-state index is 12.7. The van der Waals surface area contributed by atoms with Crippen LogP contribution in [-0.2, 0) is 9.47 Å². The predicted octanol–water partition coefficient (Wildman–Crippen LogP) is 3.85. The Labute approximate surface area is 132 Å². The lowest BCUT2D eigenvalue weighted by molar-refractivity contribution is 0.110. The van der Waals surface area contributed by atoms with Gasteiger partial charge in [-0.1, -0.05) is 18.7 Å². The first-order chi connectivity index (χ1) is 11.3. The molecule has 3 aromatic rings. The zero-order valence-corrected chi connectivity index (χ0v) is 12.4. The first kappa shape index (κ1) is 13.6. The Bertz CT molecular complexity index is 1010. The second-order valence-electron chi connectivity index (χ2n) is 5.23. The molecular formula is C19H14O4. The lowest BCUT2D eigenvalue weighted by atomic mass is 10.1. The number of benzene rings is 2. The molecule has 0 aliphatic carbocycles. The Morgan fingerprint density at radius 2 is 1.74 bits per heavy atom. The van der Waals surface area contributed by atoms with Gasteiger partial charge in [-0.05, 0) is 36.4 Å². The van der Waals surface area contributed by atoms with E-state index in [-0.39, 0.29) is 5.43 Å². The van der Waals surface area contributed by atoms with Gasteiger partial charge in [-0.15, -0.1) is 0 Å². The monoisotopic (exact) mass is 306 g/mol. The standard InChI is InChI=1S/C19H14O4/c1-2-15-19(22-10-9-21-15)12-7-8-17-14(11-12)18(20)13-5-3-4-6-16(13)23-17/h2-8,11H,1,9-10H2. The van der Waals surface area contributed by atoms with Gasteiger partial charge in [0, 0.05) is 5.56 Å². The van der Waals surface area contributed by atoms with Crippen molar-refractivity contribution in [1.29, 1.82) is 0 Å². The van der Waals surface area contributed by atoms with E-state index in [9.17, 15) is 4.79 Å². The van der Waals surface area contributed by atoms with Crippen molar-refractivity contribution in [2.75, 3.05) is 13.2 Å². The third-order valence-electron chi connectivity index (χ3n) is 3.83. The molecule has 0 amide bonds. The molecule has 23 heavy (non-hydrogen) atoms. The molecule has 0 saturated heterocycles. The van der Waals surface area contributed by atoms with Crippen molar-refractivity contribution < 1.29 is 13.9 Å². The fraction of sp³-hybridized carbons (Fsp3) is 0.105. The third kappa shape index (κ3) is 2.19. The maximum absolute atomic E-state index is 12.7. The van der Waals surface area contributed by atoms with E-state index in [1.54, 1.807) is 30.3 Å². The van der Waals surface area contributed by atoms with Crippen molar-refractivity contribution in [3.8, 4) is 0 Å². The summed E-state index contributed by atoms with van der Waals surface area (Å²) in [6.07, 6.45) is 1.61. The molecule has 2 aromatic carbocycles. The SMILES string of the molecule is C=CC1=C(c2ccc3oc4ccccc4c(=O)c3c2)OCCO1. The van der Waals surface area contributed by atoms with E-state index in [1.165, 1.54) is 0 Å². The van der Waals surface area contributed by atoms with Crippen LogP contribution in [0.2, 0.25) is 0 Å². The van der Waals surface area contributed by atoms with Crippen LogP contribution < -0.4 is 5.43 Å². The summed E-state index contributed by atoms with van der Waals surface area (Å²) in [4.78, 5) is 12.7. The van der Waals surface area contributed by atoms with Gasteiger partial charge in [0.2, 0.25) is 5.43 Å². The highest BCUT2D eigenvalue weighted by molar-refractivity contribution is 5.91. The average Bonchev–Trinajstić information content (AvgIpc) is 2.62. The highest BCUT2D eigenvalue weighted by atomic mass is 16.6. The number of hydrogen-bond acceptors (Lipinski definition) is 4. The molecule has 0 saturated carbocycles. The lowest BCUT2D eigenvalue weighted by Crippen LogP contribution is -2.12. The molecule has 0 spiro atoms. The van der Waals surface area contributed by atoms with Crippen molar-refractivity contribution in [2.45, 2.75) is 0 Å². The molecule has 1 aliphatic heterocycles. The normalized spacial score (nSPS) is 14.6. The molecule has 4 nitrogen and oxygen atoms in total. The average molecular weight is 306 g/mol. The first-order valence-corrected chi connectivity index (χ1v) is 7.36. The van der Waals surface area contributed by atoms with Crippen LogP contribution in [-0.4, -0.2) is 13.2 Å². The Morgan fingerprint density at radius 3 is 2.61 bits per heavy atom. The van der Waals surface area contributed by atoms with Gasteiger partial charge in [0.25, 0.3) is 0 Å². The number of fused-ring (bicyclic) bond motifs is 2. The molecule has 2 heterocycles. The number of hydrogen-bond donors (Lipinski definition) is 0. The van der Waals surface area contributed by atoms with Crippen LogP contribution in [0.15, 0.2) is 70.1 Å². The fourth-order valence-electron chi connectivity index (χ4n) is 2.75. The maximum Gasteiger partial charge on any atom is 0.200 e. The number of allylic oxidation sites excluding steroid dienone is 1. The molecule has 0 atom stereocenters. The second kappa shape index (κ2) is 5.32. The van der Waals surface area contributed by atoms with Crippen LogP contribution in [0, 0.1) is 0 Å². The fourth-order valence-corrected chi connectivity index (χ4v) is 2.75. The summed E-state index contributed by atoms with van der Waals surface area (Å²) in [5.74, 6) is 1.18. The molecule has 0 radical (unpaired) electrons. The summed E-state index contributed by atoms with van der Waals surface area (Å²) < 4.78 is 17.1. The Balaban J connectivity index is 1.99. The van der Waals surface area contributed by atoms with E-state index in [0.29, 0.717) is 46.7 Å². The summed E-state index contributed by atoms with van der Waals surface area (Å²) >= 11 is 0. The van der Waals surface area contributed by atoms with E-state index < -0.39 is 0 Å². The zero-order chi connectivity index (χ0) is 15.8. The molecular weight excluding hydrogens is 292 g/mol. The number of ether oxygens (including phenoxy) is 2. The summed E-state index contributed by atoms with van der Waals surface area (Å²) in [5, 5.41) is 1.09. The molecule has 0 unspecified atom stereocenters. The Kier molecular flexibility index (Phi) is 3.15. The molecule has 4 heteroatoms. The molecule has 0 bridgehead atoms. The van der Waals surface area contributed by atoms with Crippen molar-refractivity contribution in [3.05, 3.63) is 76.7 Å². The van der Waals surface area contributed by atoms with E-state index in [1.807, 2.05) is 18.2 Å². The molecule has 1 aliphatic rings. The van der Waals surface area contributed by atoms with E-state index in [2.05, 4.69) is 6.58 Å². The van der Waals surface area contributed by atoms with Gasteiger partial charge in [0.15, 0.2) is 11.5 Å². The van der Waals surface area contributed by atoms with Crippen LogP contribution in [0.25, 0.3) is 27.7 Å². The van der Waals surface area contributed by atoms with Gasteiger partial charge in [0.1, 0.15) is 24.4 Å². The lowest BCUT2D eigenvalue weighted by Gasteiger charge is -2.20. The highest BCUT2D eigenvalue weighted by Gasteiger charge is 2.17. The van der Waals surface area contributed by atoms with Gasteiger partial charge in [-0.2, -0.15) is 0 Å². The quantitative estimate of drug-likeness (QED) is 0.675. The third-order valence-corrected chi connectivity index (χ3v) is 3.83. The molecule has 0 N–H and O–H groups in total. The topological polar surface area (TPSA) is 48.7 Å². The van der Waals surface area contributed by atoms with Crippen molar-refractivity contribution in [1.82, 2.24) is 0 Å². The molecule has 114 valence electrons. The predicted molar refractivity (Wildman–Crippen MR) is 89.0 cm³/mol. The van der Waals surface area contributed by atoms with Gasteiger partial charge in [-0.25, -0.2) is 0 Å². The highest BCUT2D eigenvalue weighted by Crippen LogP contribution is 2.28. The van der Waals surface area contributed by atoms with Crippen LogP contribution >= 0.6 is 0 Å². The first-order valence-electron chi connectivity index (χ1n) is 7.36. The van der Waals surface area contributed by atoms with Gasteiger partial charge < -0.3 is 13.9 Å². The molecule has 4 rings (SSSR count). The van der Waals surface area contributed by atoms with Gasteiger partial charge in [-0.3, -0.25) is 4.79 Å². The van der Waals surface area contributed by atoms with Gasteiger partial charge >= 0.3 is 0 Å².